The van der Waals surface area contributed by atoms with Crippen LogP contribution in [0.3, 0.4) is 0 Å². The molecule has 1 saturated heterocycles. The fourth-order valence-corrected chi connectivity index (χ4v) is 3.68. The van der Waals surface area contributed by atoms with E-state index in [2.05, 4.69) is 0 Å². The van der Waals surface area contributed by atoms with Crippen molar-refractivity contribution in [1.82, 2.24) is 0 Å². The van der Waals surface area contributed by atoms with Crippen LogP contribution < -0.4 is 14.9 Å². The summed E-state index contributed by atoms with van der Waals surface area (Å²) < 4.78 is 21.9. The van der Waals surface area contributed by atoms with Gasteiger partial charge < -0.3 is 54.4 Å². The Morgan fingerprint density at radius 1 is 0.971 bits per heavy atom. The summed E-state index contributed by atoms with van der Waals surface area (Å²) in [6.07, 6.45) is -7.98. The molecule has 0 bridgehead atoms. The summed E-state index contributed by atoms with van der Waals surface area (Å²) in [5, 5.41) is 68.9. The lowest BCUT2D eigenvalue weighted by Crippen LogP contribution is -2.60. The van der Waals surface area contributed by atoms with Gasteiger partial charge in [0.1, 0.15) is 46.9 Å². The third-order valence-electron chi connectivity index (χ3n) is 5.44. The summed E-state index contributed by atoms with van der Waals surface area (Å²) >= 11 is 0. The van der Waals surface area contributed by atoms with E-state index < -0.39 is 54.2 Å². The lowest BCUT2D eigenvalue weighted by atomic mass is 9.99. The lowest BCUT2D eigenvalue weighted by molar-refractivity contribution is -0.277. The monoisotopic (exact) mass is 478 g/mol. The van der Waals surface area contributed by atoms with Crippen LogP contribution in [0.4, 0.5) is 0 Å². The Morgan fingerprint density at radius 3 is 2.35 bits per heavy atom. The number of aliphatic hydroxyl groups excluding tert-OH is 4. The molecule has 1 aliphatic rings. The minimum atomic E-state index is -1.76. The molecule has 0 amide bonds. The van der Waals surface area contributed by atoms with Crippen molar-refractivity contribution in [1.29, 1.82) is 0 Å². The first-order valence-corrected chi connectivity index (χ1v) is 10.0. The van der Waals surface area contributed by atoms with Crippen LogP contribution in [0.2, 0.25) is 0 Å². The minimum Gasteiger partial charge on any atom is -0.508 e. The van der Waals surface area contributed by atoms with Crippen molar-refractivity contribution in [3.8, 4) is 40.1 Å². The molecule has 0 radical (unpaired) electrons. The van der Waals surface area contributed by atoms with Crippen LogP contribution in [0, 0.1) is 0 Å². The van der Waals surface area contributed by atoms with Gasteiger partial charge in [0.05, 0.1) is 13.7 Å². The largest absolute Gasteiger partial charge is 0.508 e. The third-order valence-corrected chi connectivity index (χ3v) is 5.44. The molecule has 0 spiro atoms. The van der Waals surface area contributed by atoms with Crippen molar-refractivity contribution < 1.29 is 54.4 Å². The summed E-state index contributed by atoms with van der Waals surface area (Å²) in [4.78, 5) is 13.3. The van der Waals surface area contributed by atoms with E-state index in [0.717, 1.165) is 18.2 Å². The molecule has 12 nitrogen and oxygen atoms in total. The number of methoxy groups -OCH3 is 1. The number of rotatable bonds is 5. The van der Waals surface area contributed by atoms with Crippen LogP contribution >= 0.6 is 0 Å². The second-order valence-electron chi connectivity index (χ2n) is 7.63. The van der Waals surface area contributed by atoms with Crippen molar-refractivity contribution in [2.75, 3.05) is 13.7 Å². The Hall–Kier alpha value is -3.55. The molecule has 34 heavy (non-hydrogen) atoms. The summed E-state index contributed by atoms with van der Waals surface area (Å²) in [5.41, 5.74) is -0.718. The summed E-state index contributed by atoms with van der Waals surface area (Å²) in [6.45, 7) is -0.690. The molecule has 2 aromatic carbocycles. The number of hydrogen-bond donors (Lipinski definition) is 7. The van der Waals surface area contributed by atoms with Crippen LogP contribution in [0.15, 0.2) is 39.5 Å². The first-order chi connectivity index (χ1) is 16.2. The standard InChI is InChI=1S/C22H22O12/c1-31-21-17(28)15-12(32-20(21)8-2-3-10(25)11(26)4-8)5-9(24)6-13(15)33-22-19(30)18(29)16(27)14(7-23)34-22/h2-6,14,16,18-19,22-27,29-30H,7H2,1H3/t14-,16-,18+,19-,22+/m0/s1. The predicted molar refractivity (Wildman–Crippen MR) is 114 cm³/mol. The third kappa shape index (κ3) is 3.97. The van der Waals surface area contributed by atoms with Gasteiger partial charge in [-0.3, -0.25) is 4.79 Å². The summed E-state index contributed by atoms with van der Waals surface area (Å²) in [5.74, 6) is -1.95. The van der Waals surface area contributed by atoms with Crippen LogP contribution in [-0.4, -0.2) is 80.2 Å². The maximum Gasteiger partial charge on any atom is 0.239 e. The van der Waals surface area contributed by atoms with E-state index in [1.165, 1.54) is 19.2 Å². The molecule has 3 aromatic rings. The predicted octanol–water partition coefficient (Wildman–Crippen LogP) is -0.236. The highest BCUT2D eigenvalue weighted by Crippen LogP contribution is 2.39. The minimum absolute atomic E-state index is 0.111. The van der Waals surface area contributed by atoms with Crippen LogP contribution in [0.5, 0.6) is 28.7 Å². The Bertz CT molecular complexity index is 1270. The summed E-state index contributed by atoms with van der Waals surface area (Å²) in [6, 6.07) is 5.88. The van der Waals surface area contributed by atoms with Gasteiger partial charge in [-0.15, -0.1) is 0 Å². The number of aliphatic hydroxyl groups is 4. The number of fused-ring (bicyclic) bond motifs is 1. The van der Waals surface area contributed by atoms with Crippen molar-refractivity contribution >= 4 is 11.0 Å². The van der Waals surface area contributed by atoms with Crippen molar-refractivity contribution in [2.24, 2.45) is 0 Å². The Balaban J connectivity index is 1.85. The van der Waals surface area contributed by atoms with Gasteiger partial charge in [0, 0.05) is 17.7 Å². The smallest absolute Gasteiger partial charge is 0.239 e. The molecule has 0 aliphatic carbocycles. The summed E-state index contributed by atoms with van der Waals surface area (Å²) in [7, 11) is 1.21. The second kappa shape index (κ2) is 9.00. The van der Waals surface area contributed by atoms with Gasteiger partial charge >= 0.3 is 0 Å². The van der Waals surface area contributed by atoms with Crippen LogP contribution in [0.25, 0.3) is 22.3 Å². The molecular weight excluding hydrogens is 456 g/mol. The van der Waals surface area contributed by atoms with E-state index in [-0.39, 0.29) is 39.5 Å². The fourth-order valence-electron chi connectivity index (χ4n) is 3.68. The Morgan fingerprint density at radius 2 is 1.71 bits per heavy atom. The first-order valence-electron chi connectivity index (χ1n) is 10.0. The fraction of sp³-hybridized carbons (Fsp3) is 0.318. The number of aromatic hydroxyl groups is 3. The first kappa shape index (κ1) is 23.6. The molecule has 12 heteroatoms. The topological polar surface area (TPSA) is 200 Å². The molecule has 1 fully saturated rings. The van der Waals surface area contributed by atoms with Gasteiger partial charge in [0.2, 0.25) is 17.5 Å². The number of benzene rings is 2. The molecule has 2 heterocycles. The molecule has 7 N–H and O–H groups in total. The number of phenols is 3. The SMILES string of the molecule is COc1c(-c2ccc(O)c(O)c2)oc2cc(O)cc(O[C@@H]3O[C@@H](CO)[C@H](O)[C@@H](O)[C@@H]3O)c2c1=O. The van der Waals surface area contributed by atoms with E-state index in [4.69, 9.17) is 18.6 Å². The van der Waals surface area contributed by atoms with E-state index in [9.17, 15) is 40.5 Å². The van der Waals surface area contributed by atoms with Gasteiger partial charge in [0.15, 0.2) is 17.3 Å². The van der Waals surface area contributed by atoms with Gasteiger partial charge in [-0.1, -0.05) is 0 Å². The Kier molecular flexibility index (Phi) is 6.25. The van der Waals surface area contributed by atoms with E-state index in [1.54, 1.807) is 0 Å². The average Bonchev–Trinajstić information content (AvgIpc) is 2.80. The van der Waals surface area contributed by atoms with Crippen LogP contribution in [0.1, 0.15) is 0 Å². The molecule has 4 rings (SSSR count). The van der Waals surface area contributed by atoms with Crippen molar-refractivity contribution in [3.05, 3.63) is 40.6 Å². The molecule has 182 valence electrons. The molecule has 0 unspecified atom stereocenters. The zero-order chi connectivity index (χ0) is 24.7. The van der Waals surface area contributed by atoms with Gasteiger partial charge in [-0.25, -0.2) is 0 Å². The molecule has 1 aliphatic heterocycles. The highest BCUT2D eigenvalue weighted by atomic mass is 16.7. The highest BCUT2D eigenvalue weighted by Gasteiger charge is 2.45. The Labute approximate surface area is 191 Å². The molecule has 1 aromatic heterocycles. The second-order valence-corrected chi connectivity index (χ2v) is 7.63. The van der Waals surface area contributed by atoms with E-state index in [0.29, 0.717) is 0 Å². The maximum absolute atomic E-state index is 13.3. The van der Waals surface area contributed by atoms with Crippen molar-refractivity contribution in [2.45, 2.75) is 30.7 Å². The average molecular weight is 478 g/mol. The zero-order valence-corrected chi connectivity index (χ0v) is 17.7. The maximum atomic E-state index is 13.3. The van der Waals surface area contributed by atoms with Gasteiger partial charge in [0.25, 0.3) is 0 Å². The number of phenolic OH excluding ortho intramolecular Hbond substituents is 3. The zero-order valence-electron chi connectivity index (χ0n) is 17.7. The molecule has 5 atom stereocenters. The highest BCUT2D eigenvalue weighted by molar-refractivity contribution is 5.88. The van der Waals surface area contributed by atoms with Gasteiger partial charge in [-0.05, 0) is 18.2 Å². The van der Waals surface area contributed by atoms with E-state index in [1.807, 2.05) is 0 Å². The van der Waals surface area contributed by atoms with Gasteiger partial charge in [-0.2, -0.15) is 0 Å². The van der Waals surface area contributed by atoms with E-state index >= 15 is 0 Å². The lowest BCUT2D eigenvalue weighted by Gasteiger charge is -2.39. The molecule has 0 saturated carbocycles. The molecular formula is C22H22O12. The van der Waals surface area contributed by atoms with Crippen LogP contribution in [-0.2, 0) is 4.74 Å². The number of hydrogen-bond acceptors (Lipinski definition) is 12. The van der Waals surface area contributed by atoms with Crippen molar-refractivity contribution in [3.63, 3.8) is 0 Å². The normalized spacial score (nSPS) is 24.8. The number of ether oxygens (including phenoxy) is 3. The quantitative estimate of drug-likeness (QED) is 0.238.